The molecule has 5 nitrogen and oxygen atoms in total. The number of nitrogens with zero attached hydrogens (tertiary/aromatic N) is 2. The highest BCUT2D eigenvalue weighted by Crippen LogP contribution is 2.29. The molecule has 0 saturated carbocycles. The van der Waals surface area contributed by atoms with Gasteiger partial charge in [-0.2, -0.15) is 5.10 Å². The van der Waals surface area contributed by atoms with Gasteiger partial charge in [-0.1, -0.05) is 71.2 Å². The van der Waals surface area contributed by atoms with Gasteiger partial charge in [0.15, 0.2) is 0 Å². The van der Waals surface area contributed by atoms with Crippen molar-refractivity contribution >= 4 is 34.9 Å². The lowest BCUT2D eigenvalue weighted by Gasteiger charge is -2.19. The Hall–Kier alpha value is -3.41. The molecule has 4 aromatic rings. The van der Waals surface area contributed by atoms with Crippen LogP contribution in [-0.2, 0) is 0 Å². The van der Waals surface area contributed by atoms with Crippen LogP contribution in [0.25, 0.3) is 16.8 Å². The number of halogens is 2. The molecule has 0 aliphatic heterocycles. The first-order chi connectivity index (χ1) is 15.3. The third-order valence-corrected chi connectivity index (χ3v) is 5.56. The van der Waals surface area contributed by atoms with Gasteiger partial charge in [-0.05, 0) is 49.7 Å². The maximum atomic E-state index is 13.2. The number of benzene rings is 3. The number of rotatable bonds is 4. The molecule has 7 heteroatoms. The van der Waals surface area contributed by atoms with Gasteiger partial charge >= 0.3 is 0 Å². The number of amides is 1. The van der Waals surface area contributed by atoms with Gasteiger partial charge < -0.3 is 5.32 Å². The maximum absolute atomic E-state index is 13.2. The molecule has 1 heterocycles. The highest BCUT2D eigenvalue weighted by atomic mass is 35.5. The predicted molar refractivity (Wildman–Crippen MR) is 129 cm³/mol. The summed E-state index contributed by atoms with van der Waals surface area (Å²) in [6, 6.07) is 21.3. The number of hydrogen-bond acceptors (Lipinski definition) is 3. The van der Waals surface area contributed by atoms with E-state index in [0.29, 0.717) is 26.9 Å². The molecule has 1 aromatic heterocycles. The van der Waals surface area contributed by atoms with Crippen molar-refractivity contribution in [2.45, 2.75) is 13.8 Å². The number of anilines is 1. The van der Waals surface area contributed by atoms with Crippen molar-refractivity contribution < 1.29 is 4.79 Å². The topological polar surface area (TPSA) is 64.0 Å². The summed E-state index contributed by atoms with van der Waals surface area (Å²) in [5, 5.41) is 8.13. The summed E-state index contributed by atoms with van der Waals surface area (Å²) in [5.41, 5.74) is 2.95. The highest BCUT2D eigenvalue weighted by molar-refractivity contribution is 6.34. The average molecular weight is 464 g/mol. The second kappa shape index (κ2) is 8.99. The van der Waals surface area contributed by atoms with Crippen LogP contribution in [0.4, 0.5) is 5.82 Å². The molecule has 0 saturated heterocycles. The zero-order chi connectivity index (χ0) is 22.8. The molecule has 0 spiro atoms. The summed E-state index contributed by atoms with van der Waals surface area (Å²) in [7, 11) is 0. The van der Waals surface area contributed by atoms with Crippen molar-refractivity contribution in [3.63, 3.8) is 0 Å². The minimum atomic E-state index is -0.454. The van der Waals surface area contributed by atoms with Gasteiger partial charge in [0, 0.05) is 5.02 Å². The Morgan fingerprint density at radius 3 is 2.34 bits per heavy atom. The van der Waals surface area contributed by atoms with E-state index < -0.39 is 5.91 Å². The Morgan fingerprint density at radius 1 is 0.938 bits per heavy atom. The molecule has 1 amide bonds. The zero-order valence-electron chi connectivity index (χ0n) is 17.4. The van der Waals surface area contributed by atoms with Crippen molar-refractivity contribution in [3.05, 3.63) is 110 Å². The summed E-state index contributed by atoms with van der Waals surface area (Å²) in [5.74, 6) is -0.221. The molecule has 32 heavy (non-hydrogen) atoms. The van der Waals surface area contributed by atoms with E-state index in [9.17, 15) is 9.59 Å². The summed E-state index contributed by atoms with van der Waals surface area (Å²) in [4.78, 5) is 26.4. The van der Waals surface area contributed by atoms with E-state index in [-0.39, 0.29) is 22.5 Å². The number of aromatic nitrogens is 2. The van der Waals surface area contributed by atoms with Gasteiger partial charge in [0.2, 0.25) is 5.43 Å². The molecule has 160 valence electrons. The minimum Gasteiger partial charge on any atom is -0.306 e. The molecule has 3 aromatic carbocycles. The van der Waals surface area contributed by atoms with Crippen molar-refractivity contribution in [2.75, 3.05) is 5.32 Å². The van der Waals surface area contributed by atoms with Crippen LogP contribution in [-0.4, -0.2) is 15.7 Å². The van der Waals surface area contributed by atoms with Crippen LogP contribution in [0.3, 0.4) is 0 Å². The fraction of sp³-hybridized carbons (Fsp3) is 0.0800. The quantitative estimate of drug-likeness (QED) is 0.399. The van der Waals surface area contributed by atoms with Crippen LogP contribution in [0, 0.1) is 13.8 Å². The first kappa shape index (κ1) is 21.8. The van der Waals surface area contributed by atoms with Gasteiger partial charge in [-0.15, -0.1) is 0 Å². The van der Waals surface area contributed by atoms with Gasteiger partial charge in [0.05, 0.1) is 21.8 Å². The molecule has 0 unspecified atom stereocenters. The lowest BCUT2D eigenvalue weighted by molar-refractivity contribution is 0.102. The van der Waals surface area contributed by atoms with Crippen molar-refractivity contribution in [1.29, 1.82) is 0 Å². The standard InChI is InChI=1S/C25H19Cl2N3O2/c1-15-10-12-17(13-11-15)22-23(31)16(2)29-30(19-7-5-6-18(26)14-19)24(22)28-25(32)20-8-3-4-9-21(20)27/h3-14H,1-2H3,(H,28,32). The fourth-order valence-corrected chi connectivity index (χ4v) is 3.76. The predicted octanol–water partition coefficient (Wildman–Crippen LogP) is 6.08. The number of carbonyl (C=O) groups excluding carboxylic acids is 1. The molecule has 0 aliphatic carbocycles. The van der Waals surface area contributed by atoms with E-state index in [1.54, 1.807) is 55.5 Å². The zero-order valence-corrected chi connectivity index (χ0v) is 18.9. The van der Waals surface area contributed by atoms with E-state index in [2.05, 4.69) is 10.4 Å². The normalized spacial score (nSPS) is 10.8. The third kappa shape index (κ3) is 4.31. The van der Waals surface area contributed by atoms with Crippen LogP contribution in [0.2, 0.25) is 10.0 Å². The van der Waals surface area contributed by atoms with Crippen molar-refractivity contribution in [2.24, 2.45) is 0 Å². The molecule has 0 atom stereocenters. The van der Waals surface area contributed by atoms with Crippen LogP contribution >= 0.6 is 23.2 Å². The lowest BCUT2D eigenvalue weighted by Crippen LogP contribution is -2.25. The van der Waals surface area contributed by atoms with Crippen LogP contribution < -0.4 is 10.7 Å². The number of aryl methyl sites for hydroxylation is 2. The Balaban J connectivity index is 1.98. The molecular formula is C25H19Cl2N3O2. The first-order valence-corrected chi connectivity index (χ1v) is 10.6. The molecule has 1 N–H and O–H groups in total. The van der Waals surface area contributed by atoms with Gasteiger partial charge in [-0.3, -0.25) is 9.59 Å². The molecular weight excluding hydrogens is 445 g/mol. The van der Waals surface area contributed by atoms with Gasteiger partial charge in [-0.25, -0.2) is 4.68 Å². The van der Waals surface area contributed by atoms with Crippen molar-refractivity contribution in [3.8, 4) is 16.8 Å². The lowest BCUT2D eigenvalue weighted by atomic mass is 10.0. The molecule has 0 aliphatic rings. The Kier molecular flexibility index (Phi) is 6.12. The van der Waals surface area contributed by atoms with E-state index in [1.807, 2.05) is 31.2 Å². The summed E-state index contributed by atoms with van der Waals surface area (Å²) < 4.78 is 1.52. The highest BCUT2D eigenvalue weighted by Gasteiger charge is 2.21. The molecule has 0 radical (unpaired) electrons. The van der Waals surface area contributed by atoms with Crippen LogP contribution in [0.1, 0.15) is 21.6 Å². The van der Waals surface area contributed by atoms with E-state index >= 15 is 0 Å². The first-order valence-electron chi connectivity index (χ1n) is 9.88. The minimum absolute atomic E-state index is 0.233. The van der Waals surface area contributed by atoms with Crippen LogP contribution in [0.15, 0.2) is 77.6 Å². The van der Waals surface area contributed by atoms with E-state index in [4.69, 9.17) is 23.2 Å². The third-order valence-electron chi connectivity index (χ3n) is 5.00. The largest absolute Gasteiger partial charge is 0.306 e. The summed E-state index contributed by atoms with van der Waals surface area (Å²) >= 11 is 12.4. The maximum Gasteiger partial charge on any atom is 0.258 e. The second-order valence-electron chi connectivity index (χ2n) is 7.33. The molecule has 0 bridgehead atoms. The Morgan fingerprint density at radius 2 is 1.66 bits per heavy atom. The number of carbonyl (C=O) groups is 1. The molecule has 4 rings (SSSR count). The Labute approximate surface area is 195 Å². The Bertz CT molecular complexity index is 1380. The SMILES string of the molecule is Cc1ccc(-c2c(NC(=O)c3ccccc3Cl)n(-c3cccc(Cl)c3)nc(C)c2=O)cc1. The molecule has 0 fully saturated rings. The fourth-order valence-electron chi connectivity index (χ4n) is 3.36. The van der Waals surface area contributed by atoms with E-state index in [1.165, 1.54) is 4.68 Å². The number of hydrogen-bond donors (Lipinski definition) is 1. The van der Waals surface area contributed by atoms with Gasteiger partial charge in [0.1, 0.15) is 11.5 Å². The van der Waals surface area contributed by atoms with Gasteiger partial charge in [0.25, 0.3) is 5.91 Å². The van der Waals surface area contributed by atoms with Crippen molar-refractivity contribution in [1.82, 2.24) is 9.78 Å². The second-order valence-corrected chi connectivity index (χ2v) is 8.17. The number of nitrogens with one attached hydrogen (secondary N) is 1. The summed E-state index contributed by atoms with van der Waals surface area (Å²) in [6.45, 7) is 3.60. The summed E-state index contributed by atoms with van der Waals surface area (Å²) in [6.07, 6.45) is 0. The van der Waals surface area contributed by atoms with Crippen LogP contribution in [0.5, 0.6) is 0 Å². The average Bonchev–Trinajstić information content (AvgIpc) is 2.77. The monoisotopic (exact) mass is 463 g/mol. The smallest absolute Gasteiger partial charge is 0.258 e. The van der Waals surface area contributed by atoms with E-state index in [0.717, 1.165) is 5.56 Å².